The van der Waals surface area contributed by atoms with Crippen LogP contribution in [-0.2, 0) is 6.61 Å². The molecule has 25 heavy (non-hydrogen) atoms. The minimum Gasteiger partial charge on any atom is -0.486 e. The van der Waals surface area contributed by atoms with Crippen molar-refractivity contribution < 1.29 is 22.3 Å². The Kier molecular flexibility index (Phi) is 6.44. The zero-order valence-electron chi connectivity index (χ0n) is 13.5. The van der Waals surface area contributed by atoms with Gasteiger partial charge in [-0.25, -0.2) is 14.4 Å². The molecule has 0 aliphatic rings. The van der Waals surface area contributed by atoms with E-state index >= 15 is 0 Å². The molecule has 0 spiro atoms. The summed E-state index contributed by atoms with van der Waals surface area (Å²) in [5, 5.41) is 6.72. The topological polar surface area (TPSA) is 73.9 Å². The molecule has 0 N–H and O–H groups in total. The van der Waals surface area contributed by atoms with Crippen molar-refractivity contribution in [2.75, 3.05) is 0 Å². The van der Waals surface area contributed by atoms with Crippen LogP contribution < -0.4 is 4.74 Å². The lowest BCUT2D eigenvalue weighted by Crippen LogP contribution is -2.01. The minimum atomic E-state index is -2.83. The maximum atomic E-state index is 12.8. The van der Waals surface area contributed by atoms with E-state index in [2.05, 4.69) is 20.2 Å². The van der Waals surface area contributed by atoms with Crippen molar-refractivity contribution in [1.82, 2.24) is 20.2 Å². The predicted molar refractivity (Wildman–Crippen MR) is 82.4 cm³/mol. The van der Waals surface area contributed by atoms with E-state index in [4.69, 9.17) is 9.15 Å². The molecule has 0 aliphatic carbocycles. The van der Waals surface area contributed by atoms with Crippen LogP contribution in [0.1, 0.15) is 32.0 Å². The third-order valence-corrected chi connectivity index (χ3v) is 2.76. The first kappa shape index (κ1) is 18.4. The lowest BCUT2D eigenvalue weighted by atomic mass is 10.3. The molecule has 132 valence electrons. The Morgan fingerprint density at radius 2 is 1.68 bits per heavy atom. The lowest BCUT2D eigenvalue weighted by Gasteiger charge is -2.04. The molecule has 0 unspecified atom stereocenters. The van der Waals surface area contributed by atoms with Crippen molar-refractivity contribution in [2.45, 2.75) is 26.9 Å². The van der Waals surface area contributed by atoms with E-state index in [1.54, 1.807) is 0 Å². The van der Waals surface area contributed by atoms with Gasteiger partial charge in [-0.05, 0) is 24.3 Å². The molecule has 9 heteroatoms. The maximum absolute atomic E-state index is 12.8. The molecule has 0 radical (unpaired) electrons. The van der Waals surface area contributed by atoms with Crippen LogP contribution in [0.15, 0.2) is 41.1 Å². The van der Waals surface area contributed by atoms with Crippen molar-refractivity contribution in [3.63, 3.8) is 0 Å². The molecule has 0 saturated heterocycles. The van der Waals surface area contributed by atoms with Gasteiger partial charge in [0, 0.05) is 12.4 Å². The summed E-state index contributed by atoms with van der Waals surface area (Å²) in [6.07, 6.45) is -0.112. The zero-order chi connectivity index (χ0) is 18.2. The highest BCUT2D eigenvalue weighted by molar-refractivity contribution is 5.48. The van der Waals surface area contributed by atoms with Gasteiger partial charge in [0.2, 0.25) is 0 Å². The first-order valence-electron chi connectivity index (χ1n) is 7.43. The van der Waals surface area contributed by atoms with E-state index in [-0.39, 0.29) is 18.3 Å². The van der Waals surface area contributed by atoms with Crippen LogP contribution >= 0.6 is 0 Å². The Morgan fingerprint density at radius 1 is 1.04 bits per heavy atom. The number of rotatable bonds is 5. The summed E-state index contributed by atoms with van der Waals surface area (Å²) in [7, 11) is 0. The number of aromatic nitrogens is 4. The second kappa shape index (κ2) is 8.76. The van der Waals surface area contributed by atoms with E-state index in [9.17, 15) is 13.2 Å². The lowest BCUT2D eigenvalue weighted by molar-refractivity contribution is 0.116. The normalized spacial score (nSPS) is 10.3. The number of hydrogen-bond acceptors (Lipinski definition) is 6. The van der Waals surface area contributed by atoms with Crippen molar-refractivity contribution in [3.05, 3.63) is 54.2 Å². The Labute approximate surface area is 141 Å². The van der Waals surface area contributed by atoms with Crippen molar-refractivity contribution in [3.8, 4) is 17.2 Å². The smallest absolute Gasteiger partial charge is 0.314 e. The van der Waals surface area contributed by atoms with Crippen LogP contribution in [0.5, 0.6) is 5.75 Å². The summed E-state index contributed by atoms with van der Waals surface area (Å²) in [6, 6.07) is 5.51. The fourth-order valence-corrected chi connectivity index (χ4v) is 1.66. The van der Waals surface area contributed by atoms with Gasteiger partial charge in [-0.1, -0.05) is 13.8 Å². The molecule has 1 aromatic carbocycles. The molecule has 3 rings (SSSR count). The Balaban J connectivity index is 0.00000109. The van der Waals surface area contributed by atoms with Crippen LogP contribution in [0, 0.1) is 5.82 Å². The summed E-state index contributed by atoms with van der Waals surface area (Å²) in [6.45, 7) is 4.07. The molecular weight excluding hydrogens is 337 g/mol. The van der Waals surface area contributed by atoms with Crippen molar-refractivity contribution in [1.29, 1.82) is 0 Å². The van der Waals surface area contributed by atoms with Crippen molar-refractivity contribution in [2.24, 2.45) is 0 Å². The van der Waals surface area contributed by atoms with E-state index < -0.39 is 12.3 Å². The monoisotopic (exact) mass is 352 g/mol. The van der Waals surface area contributed by atoms with Gasteiger partial charge in [-0.2, -0.15) is 8.78 Å². The molecular formula is C16H15F3N4O2. The van der Waals surface area contributed by atoms with Crippen LogP contribution in [-0.4, -0.2) is 20.2 Å². The molecule has 0 saturated carbocycles. The quantitative estimate of drug-likeness (QED) is 0.685. The fourth-order valence-electron chi connectivity index (χ4n) is 1.66. The molecule has 0 atom stereocenters. The average molecular weight is 352 g/mol. The molecule has 6 nitrogen and oxygen atoms in total. The molecule has 0 aliphatic heterocycles. The third-order valence-electron chi connectivity index (χ3n) is 2.76. The first-order valence-corrected chi connectivity index (χ1v) is 7.43. The van der Waals surface area contributed by atoms with Crippen LogP contribution in [0.4, 0.5) is 13.2 Å². The van der Waals surface area contributed by atoms with Gasteiger partial charge in [-0.15, -0.1) is 10.2 Å². The SMILES string of the molecule is CC.Fc1ccc(OCc2ncc(-c3nnc(C(F)F)o3)cn2)cc1. The molecule has 2 aromatic heterocycles. The van der Waals surface area contributed by atoms with Gasteiger partial charge in [0.25, 0.3) is 11.8 Å². The first-order chi connectivity index (χ1) is 12.1. The summed E-state index contributed by atoms with van der Waals surface area (Å²) < 4.78 is 47.7. The summed E-state index contributed by atoms with van der Waals surface area (Å²) in [4.78, 5) is 8.03. The van der Waals surface area contributed by atoms with Crippen LogP contribution in [0.2, 0.25) is 0 Å². The van der Waals surface area contributed by atoms with Crippen LogP contribution in [0.25, 0.3) is 11.5 Å². The van der Waals surface area contributed by atoms with Crippen molar-refractivity contribution >= 4 is 0 Å². The van der Waals surface area contributed by atoms with Crippen LogP contribution in [0.3, 0.4) is 0 Å². The van der Waals surface area contributed by atoms with E-state index in [1.165, 1.54) is 36.7 Å². The number of benzene rings is 1. The summed E-state index contributed by atoms with van der Waals surface area (Å²) >= 11 is 0. The molecule has 0 bridgehead atoms. The number of hydrogen-bond donors (Lipinski definition) is 0. The highest BCUT2D eigenvalue weighted by atomic mass is 19.3. The highest BCUT2D eigenvalue weighted by Crippen LogP contribution is 2.22. The number of halogens is 3. The minimum absolute atomic E-state index is 0.0675. The second-order valence-corrected chi connectivity index (χ2v) is 4.38. The largest absolute Gasteiger partial charge is 0.486 e. The van der Waals surface area contributed by atoms with E-state index in [0.717, 1.165) is 0 Å². The maximum Gasteiger partial charge on any atom is 0.314 e. The molecule has 0 amide bonds. The third kappa shape index (κ3) is 5.00. The van der Waals surface area contributed by atoms with E-state index in [0.29, 0.717) is 17.1 Å². The van der Waals surface area contributed by atoms with Gasteiger partial charge >= 0.3 is 6.43 Å². The number of nitrogens with zero attached hydrogens (tertiary/aromatic N) is 4. The molecule has 3 aromatic rings. The Hall–Kier alpha value is -2.97. The number of alkyl halides is 2. The van der Waals surface area contributed by atoms with E-state index in [1.807, 2.05) is 13.8 Å². The predicted octanol–water partition coefficient (Wildman–Crippen LogP) is 4.21. The average Bonchev–Trinajstić information content (AvgIpc) is 3.14. The molecule has 0 fully saturated rings. The summed E-state index contributed by atoms with van der Waals surface area (Å²) in [5.74, 6) is -0.389. The standard InChI is InChI=1S/C14H9F3N4O2.C2H6/c15-9-1-3-10(4-2-9)22-7-11-18-5-8(6-19-11)13-20-21-14(23-13)12(16)17;1-2/h1-6,12H,7H2;1-2H3. The number of ether oxygens (including phenoxy) is 1. The molecule has 2 heterocycles. The van der Waals surface area contributed by atoms with Gasteiger partial charge in [0.05, 0.1) is 5.56 Å². The Bertz CT molecular complexity index is 777. The van der Waals surface area contributed by atoms with Gasteiger partial charge < -0.3 is 9.15 Å². The highest BCUT2D eigenvalue weighted by Gasteiger charge is 2.17. The van der Waals surface area contributed by atoms with Gasteiger partial charge in [0.1, 0.15) is 18.2 Å². The van der Waals surface area contributed by atoms with Gasteiger partial charge in [-0.3, -0.25) is 0 Å². The second-order valence-electron chi connectivity index (χ2n) is 4.38. The zero-order valence-corrected chi connectivity index (χ0v) is 13.5. The van der Waals surface area contributed by atoms with Gasteiger partial charge in [0.15, 0.2) is 5.82 Å². The summed E-state index contributed by atoms with van der Waals surface area (Å²) in [5.41, 5.74) is 0.315. The Morgan fingerprint density at radius 3 is 2.24 bits per heavy atom. The fraction of sp³-hybridized carbons (Fsp3) is 0.250.